The van der Waals surface area contributed by atoms with Crippen molar-refractivity contribution in [1.82, 2.24) is 19.9 Å². The van der Waals surface area contributed by atoms with Crippen molar-refractivity contribution in [3.05, 3.63) is 41.2 Å². The van der Waals surface area contributed by atoms with Crippen LogP contribution in [0.5, 0.6) is 0 Å². The molecular weight excluding hydrogens is 315 g/mol. The number of carbonyl (C=O) groups is 1. The molecule has 0 unspecified atom stereocenters. The average molecular weight is 332 g/mol. The van der Waals surface area contributed by atoms with Crippen molar-refractivity contribution in [3.63, 3.8) is 0 Å². The van der Waals surface area contributed by atoms with Gasteiger partial charge in [0, 0.05) is 29.8 Å². The molecule has 2 aromatic heterocycles. The maximum Gasteiger partial charge on any atom is 0.222 e. The van der Waals surface area contributed by atoms with Crippen LogP contribution in [0, 0.1) is 11.7 Å². The van der Waals surface area contributed by atoms with Crippen LogP contribution in [0.25, 0.3) is 16.3 Å². The van der Waals surface area contributed by atoms with Gasteiger partial charge < -0.3 is 5.32 Å². The standard InChI is InChI=1S/C16H17FN4OS/c1-10(2)15(22)18-7-6-13-9-23-16-19-14(20-21(13)16)11-4-3-5-12(17)8-11/h3-5,8-10H,6-7H2,1-2H3,(H,18,22). The van der Waals surface area contributed by atoms with E-state index < -0.39 is 0 Å². The van der Waals surface area contributed by atoms with Crippen molar-refractivity contribution >= 4 is 22.2 Å². The number of aromatic nitrogens is 3. The van der Waals surface area contributed by atoms with Crippen molar-refractivity contribution in [2.75, 3.05) is 6.54 Å². The molecule has 0 radical (unpaired) electrons. The van der Waals surface area contributed by atoms with Gasteiger partial charge in [0.15, 0.2) is 5.82 Å². The molecule has 1 aromatic carbocycles. The molecule has 2 heterocycles. The van der Waals surface area contributed by atoms with Crippen LogP contribution in [-0.4, -0.2) is 27.0 Å². The van der Waals surface area contributed by atoms with Crippen LogP contribution in [-0.2, 0) is 11.2 Å². The number of amides is 1. The molecule has 0 fully saturated rings. The number of carbonyl (C=O) groups excluding carboxylic acids is 1. The number of hydrogen-bond acceptors (Lipinski definition) is 4. The monoisotopic (exact) mass is 332 g/mol. The maximum absolute atomic E-state index is 13.3. The van der Waals surface area contributed by atoms with E-state index >= 15 is 0 Å². The lowest BCUT2D eigenvalue weighted by Crippen LogP contribution is -2.29. The van der Waals surface area contributed by atoms with E-state index in [2.05, 4.69) is 15.4 Å². The highest BCUT2D eigenvalue weighted by atomic mass is 32.1. The highest BCUT2D eigenvalue weighted by molar-refractivity contribution is 7.15. The molecule has 120 valence electrons. The molecule has 0 aliphatic rings. The fourth-order valence-electron chi connectivity index (χ4n) is 2.16. The summed E-state index contributed by atoms with van der Waals surface area (Å²) in [6.45, 7) is 4.28. The summed E-state index contributed by atoms with van der Waals surface area (Å²) in [5.74, 6) is 0.208. The van der Waals surface area contributed by atoms with Crippen molar-refractivity contribution in [3.8, 4) is 11.4 Å². The molecule has 0 aliphatic heterocycles. The largest absolute Gasteiger partial charge is 0.355 e. The van der Waals surface area contributed by atoms with Gasteiger partial charge >= 0.3 is 0 Å². The highest BCUT2D eigenvalue weighted by Crippen LogP contribution is 2.21. The van der Waals surface area contributed by atoms with E-state index in [4.69, 9.17) is 0 Å². The third kappa shape index (κ3) is 3.39. The minimum Gasteiger partial charge on any atom is -0.355 e. The number of hydrogen-bond donors (Lipinski definition) is 1. The van der Waals surface area contributed by atoms with E-state index in [0.29, 0.717) is 24.4 Å². The topological polar surface area (TPSA) is 59.3 Å². The van der Waals surface area contributed by atoms with Gasteiger partial charge in [-0.25, -0.2) is 8.91 Å². The van der Waals surface area contributed by atoms with Gasteiger partial charge in [0.1, 0.15) is 5.82 Å². The van der Waals surface area contributed by atoms with E-state index in [-0.39, 0.29) is 17.6 Å². The molecule has 3 aromatic rings. The Morgan fingerprint density at radius 3 is 3.00 bits per heavy atom. The summed E-state index contributed by atoms with van der Waals surface area (Å²) in [4.78, 5) is 16.8. The predicted molar refractivity (Wildman–Crippen MR) is 87.8 cm³/mol. The molecule has 3 rings (SSSR count). The number of halogens is 1. The molecule has 0 bridgehead atoms. The Morgan fingerprint density at radius 1 is 1.43 bits per heavy atom. The van der Waals surface area contributed by atoms with Crippen molar-refractivity contribution in [2.45, 2.75) is 20.3 Å². The molecule has 23 heavy (non-hydrogen) atoms. The number of benzene rings is 1. The van der Waals surface area contributed by atoms with Crippen LogP contribution in [0.1, 0.15) is 19.5 Å². The Labute approximate surface area is 137 Å². The van der Waals surface area contributed by atoms with Gasteiger partial charge in [-0.2, -0.15) is 4.98 Å². The highest BCUT2D eigenvalue weighted by Gasteiger charge is 2.12. The Hall–Kier alpha value is -2.28. The third-order valence-electron chi connectivity index (χ3n) is 3.44. The van der Waals surface area contributed by atoms with Gasteiger partial charge in [-0.15, -0.1) is 16.4 Å². The zero-order valence-electron chi connectivity index (χ0n) is 12.9. The second-order valence-electron chi connectivity index (χ2n) is 5.56. The minimum absolute atomic E-state index is 0.0246. The Balaban J connectivity index is 1.77. The first-order valence-corrected chi connectivity index (χ1v) is 8.29. The summed E-state index contributed by atoms with van der Waals surface area (Å²) < 4.78 is 15.1. The van der Waals surface area contributed by atoms with E-state index in [1.807, 2.05) is 19.2 Å². The summed E-state index contributed by atoms with van der Waals surface area (Å²) in [5, 5.41) is 9.32. The van der Waals surface area contributed by atoms with Crippen LogP contribution < -0.4 is 5.32 Å². The zero-order valence-corrected chi connectivity index (χ0v) is 13.7. The summed E-state index contributed by atoms with van der Waals surface area (Å²) >= 11 is 1.48. The normalized spacial score (nSPS) is 11.3. The number of nitrogens with one attached hydrogen (secondary N) is 1. The van der Waals surface area contributed by atoms with Gasteiger partial charge in [-0.05, 0) is 12.1 Å². The SMILES string of the molecule is CC(C)C(=O)NCCc1csc2nc(-c3cccc(F)c3)nn12. The Kier molecular flexibility index (Phi) is 4.38. The maximum atomic E-state index is 13.3. The van der Waals surface area contributed by atoms with E-state index in [1.54, 1.807) is 16.6 Å². The summed E-state index contributed by atoms with van der Waals surface area (Å²) in [6, 6.07) is 6.24. The van der Waals surface area contributed by atoms with Crippen LogP contribution >= 0.6 is 11.3 Å². The van der Waals surface area contributed by atoms with Crippen LogP contribution in [0.3, 0.4) is 0 Å². The van der Waals surface area contributed by atoms with Crippen molar-refractivity contribution in [2.24, 2.45) is 5.92 Å². The number of rotatable bonds is 5. The number of nitrogens with zero attached hydrogens (tertiary/aromatic N) is 3. The molecule has 7 heteroatoms. The Morgan fingerprint density at radius 2 is 2.26 bits per heavy atom. The fraction of sp³-hybridized carbons (Fsp3) is 0.312. The lowest BCUT2D eigenvalue weighted by molar-refractivity contribution is -0.123. The third-order valence-corrected chi connectivity index (χ3v) is 4.30. The molecule has 5 nitrogen and oxygen atoms in total. The van der Waals surface area contributed by atoms with Gasteiger partial charge in [-0.1, -0.05) is 26.0 Å². The van der Waals surface area contributed by atoms with Gasteiger partial charge in [-0.3, -0.25) is 4.79 Å². The van der Waals surface area contributed by atoms with Crippen LogP contribution in [0.15, 0.2) is 29.6 Å². The van der Waals surface area contributed by atoms with Crippen LogP contribution in [0.2, 0.25) is 0 Å². The molecule has 0 saturated carbocycles. The second kappa shape index (κ2) is 6.45. The summed E-state index contributed by atoms with van der Waals surface area (Å²) in [5.41, 5.74) is 1.63. The lowest BCUT2D eigenvalue weighted by Gasteiger charge is -2.06. The van der Waals surface area contributed by atoms with Crippen molar-refractivity contribution in [1.29, 1.82) is 0 Å². The van der Waals surface area contributed by atoms with Crippen LogP contribution in [0.4, 0.5) is 4.39 Å². The second-order valence-corrected chi connectivity index (χ2v) is 6.40. The minimum atomic E-state index is -0.308. The number of fused-ring (bicyclic) bond motifs is 1. The summed E-state index contributed by atoms with van der Waals surface area (Å²) in [6.07, 6.45) is 0.671. The summed E-state index contributed by atoms with van der Waals surface area (Å²) in [7, 11) is 0. The smallest absolute Gasteiger partial charge is 0.222 e. The predicted octanol–water partition coefficient (Wildman–Crippen LogP) is 2.91. The molecule has 1 N–H and O–H groups in total. The Bertz CT molecular complexity index is 840. The quantitative estimate of drug-likeness (QED) is 0.781. The molecule has 0 saturated heterocycles. The molecule has 0 atom stereocenters. The first-order valence-electron chi connectivity index (χ1n) is 7.41. The molecule has 0 spiro atoms. The van der Waals surface area contributed by atoms with E-state index in [1.165, 1.54) is 23.5 Å². The lowest BCUT2D eigenvalue weighted by atomic mass is 10.2. The van der Waals surface area contributed by atoms with Gasteiger partial charge in [0.25, 0.3) is 0 Å². The average Bonchev–Trinajstić information content (AvgIpc) is 3.08. The van der Waals surface area contributed by atoms with E-state index in [9.17, 15) is 9.18 Å². The first-order chi connectivity index (χ1) is 11.0. The zero-order chi connectivity index (χ0) is 16.4. The molecule has 0 aliphatic carbocycles. The first kappa shape index (κ1) is 15.6. The van der Waals surface area contributed by atoms with Gasteiger partial charge in [0.05, 0.1) is 5.69 Å². The van der Waals surface area contributed by atoms with Gasteiger partial charge in [0.2, 0.25) is 10.9 Å². The molecule has 1 amide bonds. The van der Waals surface area contributed by atoms with Crippen molar-refractivity contribution < 1.29 is 9.18 Å². The number of thiazole rings is 1. The fourth-order valence-corrected chi connectivity index (χ4v) is 3.02. The molecular formula is C16H17FN4OS. The van der Waals surface area contributed by atoms with E-state index in [0.717, 1.165) is 10.7 Å².